The first-order chi connectivity index (χ1) is 8.68. The van der Waals surface area contributed by atoms with Crippen LogP contribution in [0.3, 0.4) is 0 Å². The molecule has 0 aliphatic heterocycles. The highest BCUT2D eigenvalue weighted by Gasteiger charge is 2.08. The van der Waals surface area contributed by atoms with Crippen molar-refractivity contribution in [1.82, 2.24) is 5.32 Å². The first-order valence-electron chi connectivity index (χ1n) is 7.30. The van der Waals surface area contributed by atoms with Gasteiger partial charge in [-0.15, -0.1) is 0 Å². The lowest BCUT2D eigenvalue weighted by Gasteiger charge is -2.18. The minimum absolute atomic E-state index is 0.296. The van der Waals surface area contributed by atoms with Crippen LogP contribution in [0.1, 0.15) is 58.3 Å². The van der Waals surface area contributed by atoms with E-state index in [0.717, 1.165) is 19.4 Å². The minimum atomic E-state index is -0.683. The molecule has 0 bridgehead atoms. The zero-order chi connectivity index (χ0) is 13.2. The second-order valence-corrected chi connectivity index (χ2v) is 5.45. The van der Waals surface area contributed by atoms with Gasteiger partial charge in [-0.2, -0.15) is 0 Å². The molecule has 0 spiro atoms. The summed E-state index contributed by atoms with van der Waals surface area (Å²) in [4.78, 5) is 10.5. The fourth-order valence-corrected chi connectivity index (χ4v) is 2.36. The number of nitrogens with one attached hydrogen (secondary N) is 1. The molecule has 0 amide bonds. The van der Waals surface area contributed by atoms with Gasteiger partial charge in [-0.1, -0.05) is 31.9 Å². The van der Waals surface area contributed by atoms with E-state index in [0.29, 0.717) is 18.4 Å². The number of hydrogen-bond donors (Lipinski definition) is 2. The standard InChI is InChI=1S/C15H27NO2/c1-13(9-10-15(17)18)11-12-16-14-7-5-3-2-4-6-8-14/h5,7,13-14,16H,2-4,6,8-12H2,1H3,(H,17,18)/b7-5+. The Morgan fingerprint density at radius 2 is 2.22 bits per heavy atom. The Bertz CT molecular complexity index is 263. The lowest BCUT2D eigenvalue weighted by atomic mass is 10.00. The van der Waals surface area contributed by atoms with Crippen LogP contribution >= 0.6 is 0 Å². The third kappa shape index (κ3) is 7.49. The van der Waals surface area contributed by atoms with Crippen LogP contribution in [0, 0.1) is 5.92 Å². The maximum absolute atomic E-state index is 10.5. The average Bonchev–Trinajstić information content (AvgIpc) is 2.29. The van der Waals surface area contributed by atoms with Crippen molar-refractivity contribution in [3.05, 3.63) is 12.2 Å². The zero-order valence-electron chi connectivity index (χ0n) is 11.5. The number of allylic oxidation sites excluding steroid dienone is 1. The second-order valence-electron chi connectivity index (χ2n) is 5.45. The van der Waals surface area contributed by atoms with E-state index >= 15 is 0 Å². The number of aliphatic carboxylic acids is 1. The molecule has 2 unspecified atom stereocenters. The molecule has 0 saturated carbocycles. The smallest absolute Gasteiger partial charge is 0.303 e. The van der Waals surface area contributed by atoms with Gasteiger partial charge in [0, 0.05) is 12.5 Å². The third-order valence-electron chi connectivity index (χ3n) is 3.65. The summed E-state index contributed by atoms with van der Waals surface area (Å²) in [6.45, 7) is 3.13. The third-order valence-corrected chi connectivity index (χ3v) is 3.65. The van der Waals surface area contributed by atoms with Crippen molar-refractivity contribution in [3.8, 4) is 0 Å². The molecular formula is C15H27NO2. The van der Waals surface area contributed by atoms with Crippen LogP contribution in [0.15, 0.2) is 12.2 Å². The highest BCUT2D eigenvalue weighted by Crippen LogP contribution is 2.13. The fourth-order valence-electron chi connectivity index (χ4n) is 2.36. The van der Waals surface area contributed by atoms with Crippen LogP contribution in [0.25, 0.3) is 0 Å². The van der Waals surface area contributed by atoms with Crippen molar-refractivity contribution in [2.45, 2.75) is 64.3 Å². The van der Waals surface area contributed by atoms with Gasteiger partial charge in [-0.3, -0.25) is 4.79 Å². The first-order valence-corrected chi connectivity index (χ1v) is 7.30. The molecule has 0 aromatic carbocycles. The van der Waals surface area contributed by atoms with E-state index in [1.54, 1.807) is 0 Å². The minimum Gasteiger partial charge on any atom is -0.481 e. The van der Waals surface area contributed by atoms with E-state index in [1.165, 1.54) is 32.1 Å². The number of carbonyl (C=O) groups is 1. The van der Waals surface area contributed by atoms with Crippen molar-refractivity contribution in [3.63, 3.8) is 0 Å². The van der Waals surface area contributed by atoms with E-state index in [2.05, 4.69) is 24.4 Å². The topological polar surface area (TPSA) is 49.3 Å². The van der Waals surface area contributed by atoms with Gasteiger partial charge in [-0.05, 0) is 44.6 Å². The molecule has 1 rings (SSSR count). The molecule has 2 N–H and O–H groups in total. The summed E-state index contributed by atoms with van der Waals surface area (Å²) in [5.74, 6) is -0.191. The molecule has 2 atom stereocenters. The fraction of sp³-hybridized carbons (Fsp3) is 0.800. The Hall–Kier alpha value is -0.830. The van der Waals surface area contributed by atoms with Crippen LogP contribution in [-0.2, 0) is 4.79 Å². The molecule has 1 aliphatic carbocycles. The molecule has 0 heterocycles. The van der Waals surface area contributed by atoms with E-state index in [-0.39, 0.29) is 0 Å². The molecule has 0 saturated heterocycles. The van der Waals surface area contributed by atoms with Crippen LogP contribution < -0.4 is 5.32 Å². The molecule has 0 aromatic rings. The lowest BCUT2D eigenvalue weighted by molar-refractivity contribution is -0.137. The van der Waals surface area contributed by atoms with Gasteiger partial charge in [0.2, 0.25) is 0 Å². The van der Waals surface area contributed by atoms with Gasteiger partial charge in [0.05, 0.1) is 0 Å². The number of hydrogen-bond acceptors (Lipinski definition) is 2. The molecule has 1 aliphatic rings. The maximum atomic E-state index is 10.5. The van der Waals surface area contributed by atoms with Gasteiger partial charge in [-0.25, -0.2) is 0 Å². The number of carboxylic acid groups (broad SMARTS) is 1. The summed E-state index contributed by atoms with van der Waals surface area (Å²) >= 11 is 0. The molecule has 3 nitrogen and oxygen atoms in total. The summed E-state index contributed by atoms with van der Waals surface area (Å²) in [6.07, 6.45) is 13.2. The molecule has 18 heavy (non-hydrogen) atoms. The molecular weight excluding hydrogens is 226 g/mol. The molecule has 0 aromatic heterocycles. The predicted octanol–water partition coefficient (Wildman–Crippen LogP) is 3.36. The second kappa shape index (κ2) is 9.15. The quantitative estimate of drug-likeness (QED) is 0.684. The van der Waals surface area contributed by atoms with Gasteiger partial charge >= 0.3 is 5.97 Å². The highest BCUT2D eigenvalue weighted by atomic mass is 16.4. The largest absolute Gasteiger partial charge is 0.481 e. The molecule has 0 radical (unpaired) electrons. The summed E-state index contributed by atoms with van der Waals surface area (Å²) in [5.41, 5.74) is 0. The number of rotatable bonds is 7. The maximum Gasteiger partial charge on any atom is 0.303 e. The molecule has 104 valence electrons. The summed E-state index contributed by atoms with van der Waals surface area (Å²) in [7, 11) is 0. The Kier molecular flexibility index (Phi) is 7.74. The summed E-state index contributed by atoms with van der Waals surface area (Å²) < 4.78 is 0. The lowest BCUT2D eigenvalue weighted by Crippen LogP contribution is -2.29. The Morgan fingerprint density at radius 3 is 3.00 bits per heavy atom. The van der Waals surface area contributed by atoms with E-state index in [9.17, 15) is 4.79 Å². The predicted molar refractivity (Wildman–Crippen MR) is 74.7 cm³/mol. The van der Waals surface area contributed by atoms with Crippen molar-refractivity contribution < 1.29 is 9.90 Å². The highest BCUT2D eigenvalue weighted by molar-refractivity contribution is 5.66. The van der Waals surface area contributed by atoms with Crippen molar-refractivity contribution in [2.75, 3.05) is 6.54 Å². The van der Waals surface area contributed by atoms with E-state index < -0.39 is 5.97 Å². The summed E-state index contributed by atoms with van der Waals surface area (Å²) in [5, 5.41) is 12.2. The van der Waals surface area contributed by atoms with Gasteiger partial charge in [0.15, 0.2) is 0 Å². The molecule has 3 heteroatoms. The van der Waals surface area contributed by atoms with E-state index in [1.807, 2.05) is 0 Å². The van der Waals surface area contributed by atoms with Crippen LogP contribution in [0.2, 0.25) is 0 Å². The van der Waals surface area contributed by atoms with Crippen molar-refractivity contribution in [2.24, 2.45) is 5.92 Å². The van der Waals surface area contributed by atoms with E-state index in [4.69, 9.17) is 5.11 Å². The van der Waals surface area contributed by atoms with Gasteiger partial charge in [0.25, 0.3) is 0 Å². The average molecular weight is 253 g/mol. The zero-order valence-corrected chi connectivity index (χ0v) is 11.5. The van der Waals surface area contributed by atoms with Crippen LogP contribution in [-0.4, -0.2) is 23.7 Å². The Labute approximate surface area is 111 Å². The first kappa shape index (κ1) is 15.2. The number of carboxylic acids is 1. The van der Waals surface area contributed by atoms with Crippen LogP contribution in [0.4, 0.5) is 0 Å². The van der Waals surface area contributed by atoms with Crippen molar-refractivity contribution >= 4 is 5.97 Å². The summed E-state index contributed by atoms with van der Waals surface area (Å²) in [6, 6.07) is 0.525. The van der Waals surface area contributed by atoms with Crippen molar-refractivity contribution in [1.29, 1.82) is 0 Å². The Balaban J connectivity index is 2.11. The van der Waals surface area contributed by atoms with Gasteiger partial charge < -0.3 is 10.4 Å². The SMILES string of the molecule is CC(CCNC1/C=C/CCCCC1)CCC(=O)O. The normalized spacial score (nSPS) is 23.9. The Morgan fingerprint density at radius 1 is 1.39 bits per heavy atom. The van der Waals surface area contributed by atoms with Crippen LogP contribution in [0.5, 0.6) is 0 Å². The van der Waals surface area contributed by atoms with Gasteiger partial charge in [0.1, 0.15) is 0 Å². The molecule has 0 fully saturated rings. The monoisotopic (exact) mass is 253 g/mol.